The number of amides is 1. The third-order valence-electron chi connectivity index (χ3n) is 6.26. The van der Waals surface area contributed by atoms with E-state index in [1.807, 2.05) is 52.0 Å². The fourth-order valence-electron chi connectivity index (χ4n) is 4.75. The zero-order valence-electron chi connectivity index (χ0n) is 17.0. The van der Waals surface area contributed by atoms with Gasteiger partial charge in [-0.3, -0.25) is 4.79 Å². The largest absolute Gasteiger partial charge is 0.497 e. The van der Waals surface area contributed by atoms with Crippen molar-refractivity contribution in [1.29, 1.82) is 0 Å². The van der Waals surface area contributed by atoms with E-state index in [1.54, 1.807) is 13.3 Å². The van der Waals surface area contributed by atoms with Crippen molar-refractivity contribution < 1.29 is 9.53 Å². The standard InChI is InChI=1S/C25H20N4O2/c1-31-19-6-4-5-17(13-19)18-10-9-16-11-12-28-24(21(16)14-18)23-15-26-27-29(23)22-8-3-2-7-20(22)25(28)30/h2-10,13-15,24H,11-12H2,1H3. The van der Waals surface area contributed by atoms with Gasteiger partial charge in [0.2, 0.25) is 0 Å². The average molecular weight is 408 g/mol. The smallest absolute Gasteiger partial charge is 0.256 e. The van der Waals surface area contributed by atoms with E-state index < -0.39 is 0 Å². The van der Waals surface area contributed by atoms with Crippen molar-refractivity contribution >= 4 is 5.91 Å². The van der Waals surface area contributed by atoms with Gasteiger partial charge in [0, 0.05) is 6.54 Å². The molecule has 0 fully saturated rings. The van der Waals surface area contributed by atoms with E-state index in [-0.39, 0.29) is 11.9 Å². The number of para-hydroxylation sites is 1. The third-order valence-corrected chi connectivity index (χ3v) is 6.26. The highest BCUT2D eigenvalue weighted by Gasteiger charge is 2.38. The van der Waals surface area contributed by atoms with E-state index in [4.69, 9.17) is 4.74 Å². The van der Waals surface area contributed by atoms with Crippen LogP contribution in [0.5, 0.6) is 5.75 Å². The van der Waals surface area contributed by atoms with Crippen molar-refractivity contribution in [3.8, 4) is 22.6 Å². The van der Waals surface area contributed by atoms with Crippen molar-refractivity contribution in [3.05, 3.63) is 95.3 Å². The van der Waals surface area contributed by atoms with Gasteiger partial charge in [-0.05, 0) is 59.0 Å². The average Bonchev–Trinajstić information content (AvgIpc) is 3.28. The quantitative estimate of drug-likeness (QED) is 0.502. The first-order valence-electron chi connectivity index (χ1n) is 10.3. The predicted molar refractivity (Wildman–Crippen MR) is 116 cm³/mol. The van der Waals surface area contributed by atoms with Crippen LogP contribution in [0.2, 0.25) is 0 Å². The normalized spacial score (nSPS) is 16.6. The summed E-state index contributed by atoms with van der Waals surface area (Å²) in [7, 11) is 1.67. The van der Waals surface area contributed by atoms with Gasteiger partial charge in [-0.1, -0.05) is 41.6 Å². The number of nitrogens with zero attached hydrogens (tertiary/aromatic N) is 4. The Bertz CT molecular complexity index is 1330. The molecular formula is C25H20N4O2. The number of hydrogen-bond donors (Lipinski definition) is 0. The summed E-state index contributed by atoms with van der Waals surface area (Å²) in [5.74, 6) is 0.850. The van der Waals surface area contributed by atoms with Crippen LogP contribution in [0.3, 0.4) is 0 Å². The lowest BCUT2D eigenvalue weighted by atomic mass is 9.88. The zero-order valence-corrected chi connectivity index (χ0v) is 17.0. The molecule has 0 spiro atoms. The molecule has 3 heterocycles. The number of rotatable bonds is 2. The van der Waals surface area contributed by atoms with Gasteiger partial charge >= 0.3 is 0 Å². The second-order valence-corrected chi connectivity index (χ2v) is 7.88. The highest BCUT2D eigenvalue weighted by atomic mass is 16.5. The van der Waals surface area contributed by atoms with Crippen LogP contribution in [0.25, 0.3) is 16.8 Å². The summed E-state index contributed by atoms with van der Waals surface area (Å²) in [6.45, 7) is 0.661. The number of aromatic nitrogens is 3. The van der Waals surface area contributed by atoms with E-state index in [2.05, 4.69) is 34.6 Å². The fraction of sp³-hybridized carbons (Fsp3) is 0.160. The molecule has 0 saturated carbocycles. The number of hydrogen-bond acceptors (Lipinski definition) is 4. The van der Waals surface area contributed by atoms with Crippen LogP contribution in [-0.2, 0) is 6.42 Å². The summed E-state index contributed by atoms with van der Waals surface area (Å²) in [4.78, 5) is 15.5. The first-order valence-corrected chi connectivity index (χ1v) is 10.3. The van der Waals surface area contributed by atoms with E-state index in [0.29, 0.717) is 12.1 Å². The van der Waals surface area contributed by atoms with Gasteiger partial charge in [-0.25, -0.2) is 4.68 Å². The second kappa shape index (κ2) is 6.80. The van der Waals surface area contributed by atoms with Crippen molar-refractivity contribution in [1.82, 2.24) is 19.9 Å². The summed E-state index contributed by atoms with van der Waals surface area (Å²) in [6.07, 6.45) is 2.60. The van der Waals surface area contributed by atoms with Gasteiger partial charge in [-0.2, -0.15) is 0 Å². The molecule has 0 bridgehead atoms. The van der Waals surface area contributed by atoms with Gasteiger partial charge in [-0.15, -0.1) is 5.10 Å². The highest BCUT2D eigenvalue weighted by molar-refractivity contribution is 5.99. The molecule has 152 valence electrons. The van der Waals surface area contributed by atoms with Gasteiger partial charge in [0.15, 0.2) is 0 Å². The number of methoxy groups -OCH3 is 1. The van der Waals surface area contributed by atoms with Crippen molar-refractivity contribution in [2.75, 3.05) is 13.7 Å². The molecule has 4 aromatic rings. The molecule has 0 radical (unpaired) electrons. The third kappa shape index (κ3) is 2.68. The topological polar surface area (TPSA) is 60.3 Å². The number of ether oxygens (including phenoxy) is 1. The van der Waals surface area contributed by atoms with E-state index in [9.17, 15) is 4.79 Å². The Morgan fingerprint density at radius 3 is 2.77 bits per heavy atom. The highest BCUT2D eigenvalue weighted by Crippen LogP contribution is 2.41. The Morgan fingerprint density at radius 2 is 1.87 bits per heavy atom. The number of benzene rings is 3. The molecule has 0 N–H and O–H groups in total. The Balaban J connectivity index is 1.55. The first kappa shape index (κ1) is 17.9. The molecule has 2 aliphatic rings. The minimum absolute atomic E-state index is 0.0310. The van der Waals surface area contributed by atoms with E-state index >= 15 is 0 Å². The molecule has 0 saturated heterocycles. The molecule has 3 aromatic carbocycles. The molecule has 1 unspecified atom stereocenters. The molecule has 0 aliphatic carbocycles. The molecule has 1 amide bonds. The number of fused-ring (bicyclic) bond motifs is 7. The lowest BCUT2D eigenvalue weighted by molar-refractivity contribution is 0.0697. The van der Waals surface area contributed by atoms with Crippen LogP contribution >= 0.6 is 0 Å². The van der Waals surface area contributed by atoms with E-state index in [1.165, 1.54) is 5.56 Å². The summed E-state index contributed by atoms with van der Waals surface area (Å²) >= 11 is 0. The molecule has 2 aliphatic heterocycles. The summed E-state index contributed by atoms with van der Waals surface area (Å²) in [5, 5.41) is 8.53. The molecule has 1 aromatic heterocycles. The fourth-order valence-corrected chi connectivity index (χ4v) is 4.75. The van der Waals surface area contributed by atoms with Crippen molar-refractivity contribution in [3.63, 3.8) is 0 Å². The first-order chi connectivity index (χ1) is 15.2. The second-order valence-electron chi connectivity index (χ2n) is 7.88. The number of carbonyl (C=O) groups excluding carboxylic acids is 1. The molecule has 1 atom stereocenters. The zero-order chi connectivity index (χ0) is 20.9. The summed E-state index contributed by atoms with van der Waals surface area (Å²) in [5.41, 5.74) is 6.88. The van der Waals surface area contributed by atoms with Crippen LogP contribution in [0, 0.1) is 0 Å². The molecule has 6 heteroatoms. The minimum atomic E-state index is -0.232. The molecule has 31 heavy (non-hydrogen) atoms. The Morgan fingerprint density at radius 1 is 1.00 bits per heavy atom. The monoisotopic (exact) mass is 408 g/mol. The maximum absolute atomic E-state index is 13.5. The van der Waals surface area contributed by atoms with Crippen molar-refractivity contribution in [2.45, 2.75) is 12.5 Å². The summed E-state index contributed by atoms with van der Waals surface area (Å²) < 4.78 is 7.22. The SMILES string of the molecule is COc1cccc(-c2ccc3c(c2)C2c4cnnn4-c4ccccc4C(=O)N2CC3)c1. The predicted octanol–water partition coefficient (Wildman–Crippen LogP) is 4.04. The lowest BCUT2D eigenvalue weighted by Gasteiger charge is -2.36. The van der Waals surface area contributed by atoms with Crippen LogP contribution in [0.1, 0.15) is 33.2 Å². The maximum atomic E-state index is 13.5. The van der Waals surface area contributed by atoms with Crippen LogP contribution in [0.4, 0.5) is 0 Å². The maximum Gasteiger partial charge on any atom is 0.256 e. The van der Waals surface area contributed by atoms with Gasteiger partial charge in [0.25, 0.3) is 5.91 Å². The van der Waals surface area contributed by atoms with Crippen LogP contribution < -0.4 is 4.74 Å². The minimum Gasteiger partial charge on any atom is -0.497 e. The Labute approximate surface area is 179 Å². The van der Waals surface area contributed by atoms with Crippen LogP contribution in [-0.4, -0.2) is 39.5 Å². The summed E-state index contributed by atoms with van der Waals surface area (Å²) in [6, 6.07) is 21.9. The molecular weight excluding hydrogens is 388 g/mol. The Kier molecular flexibility index (Phi) is 3.93. The number of carbonyl (C=O) groups is 1. The van der Waals surface area contributed by atoms with Crippen molar-refractivity contribution in [2.24, 2.45) is 0 Å². The van der Waals surface area contributed by atoms with Gasteiger partial charge in [0.1, 0.15) is 11.8 Å². The van der Waals surface area contributed by atoms with Crippen LogP contribution in [0.15, 0.2) is 72.9 Å². The Hall–Kier alpha value is -3.93. The lowest BCUT2D eigenvalue weighted by Crippen LogP contribution is -2.40. The molecule has 6 rings (SSSR count). The van der Waals surface area contributed by atoms with Gasteiger partial charge in [0.05, 0.1) is 30.3 Å². The molecule has 6 nitrogen and oxygen atoms in total. The van der Waals surface area contributed by atoms with Gasteiger partial charge < -0.3 is 9.64 Å². The van der Waals surface area contributed by atoms with E-state index in [0.717, 1.165) is 40.2 Å².